The van der Waals surface area contributed by atoms with Crippen LogP contribution in [-0.2, 0) is 19.4 Å². The van der Waals surface area contributed by atoms with Crippen LogP contribution < -0.4 is 0 Å². The molecule has 17 heavy (non-hydrogen) atoms. The van der Waals surface area contributed by atoms with Gasteiger partial charge in [0, 0.05) is 18.6 Å². The third-order valence-electron chi connectivity index (χ3n) is 4.13. The van der Waals surface area contributed by atoms with Crippen LogP contribution in [0, 0.1) is 11.8 Å². The number of ether oxygens (including phenoxy) is 1. The predicted molar refractivity (Wildman–Crippen MR) is 62.0 cm³/mol. The molecule has 1 aliphatic carbocycles. The number of carbonyl (C=O) groups excluding carboxylic acids is 1. The minimum Gasteiger partial charge on any atom is -0.364 e. The number of hydrogen-bond donors (Lipinski definition) is 0. The van der Waals surface area contributed by atoms with Crippen LogP contribution in [0.15, 0.2) is 11.0 Å². The fraction of sp³-hybridized carbons (Fsp3) is 0.750. The molecular weight excluding hydrogens is 240 g/mol. The smallest absolute Gasteiger partial charge is 0.174 e. The molecule has 5 heteroatoms. The summed E-state index contributed by atoms with van der Waals surface area (Å²) in [6.07, 6.45) is 5.68. The van der Waals surface area contributed by atoms with Crippen molar-refractivity contribution in [3.05, 3.63) is 11.0 Å². The van der Waals surface area contributed by atoms with Gasteiger partial charge >= 0.3 is 0 Å². The van der Waals surface area contributed by atoms with Crippen molar-refractivity contribution in [3.63, 3.8) is 0 Å². The molecule has 0 unspecified atom stereocenters. The lowest BCUT2D eigenvalue weighted by atomic mass is 9.79. The molecule has 94 valence electrons. The lowest BCUT2D eigenvalue weighted by Crippen LogP contribution is -2.33. The van der Waals surface area contributed by atoms with E-state index in [9.17, 15) is 13.2 Å². The van der Waals surface area contributed by atoms with E-state index >= 15 is 0 Å². The number of rotatable bonds is 1. The molecule has 4 nitrogen and oxygen atoms in total. The van der Waals surface area contributed by atoms with Gasteiger partial charge in [0.25, 0.3) is 0 Å². The van der Waals surface area contributed by atoms with E-state index in [1.54, 1.807) is 6.08 Å². The van der Waals surface area contributed by atoms with Crippen LogP contribution in [0.4, 0.5) is 0 Å². The highest BCUT2D eigenvalue weighted by atomic mass is 32.2. The van der Waals surface area contributed by atoms with Crippen LogP contribution >= 0.6 is 0 Å². The monoisotopic (exact) mass is 256 g/mol. The highest BCUT2D eigenvalue weighted by Gasteiger charge is 2.54. The summed E-state index contributed by atoms with van der Waals surface area (Å²) in [6, 6.07) is 0. The summed E-state index contributed by atoms with van der Waals surface area (Å²) < 4.78 is 29.0. The molecule has 0 amide bonds. The Morgan fingerprint density at radius 1 is 1.35 bits per heavy atom. The largest absolute Gasteiger partial charge is 0.364 e. The standard InChI is InChI=1S/C12H16O4S/c1-17(14,15)10-6-9-11-7(12(10)16-9)4-2-3-5-8(11)13/h6-7,9,11-12H,2-5H2,1H3/t7-,9-,11-,12-/m1/s1. The van der Waals surface area contributed by atoms with Gasteiger partial charge in [0.2, 0.25) is 0 Å². The minimum absolute atomic E-state index is 0.0877. The summed E-state index contributed by atoms with van der Waals surface area (Å²) in [7, 11) is -3.19. The van der Waals surface area contributed by atoms with Crippen LogP contribution in [0.1, 0.15) is 25.7 Å². The molecule has 2 aliphatic heterocycles. The summed E-state index contributed by atoms with van der Waals surface area (Å²) in [5.41, 5.74) is 0. The number of carbonyl (C=O) groups is 1. The fourth-order valence-corrected chi connectivity index (χ4v) is 4.43. The Morgan fingerprint density at radius 2 is 2.12 bits per heavy atom. The number of ketones is 1. The van der Waals surface area contributed by atoms with E-state index in [1.807, 2.05) is 0 Å². The second-order valence-corrected chi connectivity index (χ2v) is 7.28. The van der Waals surface area contributed by atoms with Crippen molar-refractivity contribution in [2.24, 2.45) is 11.8 Å². The lowest BCUT2D eigenvalue weighted by molar-refractivity contribution is -0.124. The molecule has 2 heterocycles. The maximum atomic E-state index is 12.0. The summed E-state index contributed by atoms with van der Waals surface area (Å²) in [5.74, 6) is 0.251. The van der Waals surface area contributed by atoms with Gasteiger partial charge in [-0.25, -0.2) is 8.42 Å². The molecule has 0 N–H and O–H groups in total. The maximum absolute atomic E-state index is 12.0. The normalized spacial score (nSPS) is 41.0. The zero-order valence-electron chi connectivity index (χ0n) is 9.76. The van der Waals surface area contributed by atoms with Gasteiger partial charge < -0.3 is 4.74 Å². The second kappa shape index (κ2) is 3.65. The molecule has 1 saturated carbocycles. The summed E-state index contributed by atoms with van der Waals surface area (Å²) in [5, 5.41) is 0. The Labute approximate surface area is 101 Å². The average molecular weight is 256 g/mol. The third-order valence-corrected chi connectivity index (χ3v) is 5.35. The van der Waals surface area contributed by atoms with Gasteiger partial charge in [-0.1, -0.05) is 6.42 Å². The number of fused-ring (bicyclic) bond motifs is 5. The van der Waals surface area contributed by atoms with E-state index in [0.29, 0.717) is 11.3 Å². The topological polar surface area (TPSA) is 60.4 Å². The van der Waals surface area contributed by atoms with Gasteiger partial charge in [-0.2, -0.15) is 0 Å². The SMILES string of the molecule is CS(=O)(=O)C1=C[C@H]2O[C@@H]1[C@@H]1CCCCC(=O)[C@@H]12. The van der Waals surface area contributed by atoms with E-state index in [1.165, 1.54) is 6.26 Å². The van der Waals surface area contributed by atoms with Gasteiger partial charge in [-0.3, -0.25) is 4.79 Å². The van der Waals surface area contributed by atoms with Crippen molar-refractivity contribution >= 4 is 15.6 Å². The first kappa shape index (κ1) is 11.4. The Kier molecular flexibility index (Phi) is 2.45. The molecule has 0 spiro atoms. The average Bonchev–Trinajstić information content (AvgIpc) is 2.74. The van der Waals surface area contributed by atoms with Gasteiger partial charge in [0.15, 0.2) is 9.84 Å². The molecular formula is C12H16O4S. The van der Waals surface area contributed by atoms with Crippen molar-refractivity contribution in [1.29, 1.82) is 0 Å². The Bertz CT molecular complexity index is 491. The van der Waals surface area contributed by atoms with E-state index in [0.717, 1.165) is 19.3 Å². The van der Waals surface area contributed by atoms with Crippen molar-refractivity contribution in [3.8, 4) is 0 Å². The molecule has 2 bridgehead atoms. The maximum Gasteiger partial charge on any atom is 0.174 e. The van der Waals surface area contributed by atoms with E-state index in [2.05, 4.69) is 0 Å². The van der Waals surface area contributed by atoms with Gasteiger partial charge in [-0.05, 0) is 18.9 Å². The first-order chi connectivity index (χ1) is 7.98. The van der Waals surface area contributed by atoms with Crippen LogP contribution in [0.25, 0.3) is 0 Å². The summed E-state index contributed by atoms with van der Waals surface area (Å²) in [6.45, 7) is 0. The molecule has 3 aliphatic rings. The zero-order chi connectivity index (χ0) is 12.2. The summed E-state index contributed by atoms with van der Waals surface area (Å²) in [4.78, 5) is 12.4. The quantitative estimate of drug-likeness (QED) is 0.704. The van der Waals surface area contributed by atoms with Gasteiger partial charge in [0.05, 0.1) is 23.0 Å². The lowest BCUT2D eigenvalue weighted by Gasteiger charge is -2.24. The van der Waals surface area contributed by atoms with Crippen molar-refractivity contribution in [2.45, 2.75) is 37.9 Å². The Morgan fingerprint density at radius 3 is 2.82 bits per heavy atom. The number of sulfone groups is 1. The van der Waals surface area contributed by atoms with Crippen molar-refractivity contribution in [1.82, 2.24) is 0 Å². The third kappa shape index (κ3) is 1.67. The van der Waals surface area contributed by atoms with Crippen LogP contribution in [0.3, 0.4) is 0 Å². The zero-order valence-corrected chi connectivity index (χ0v) is 10.6. The molecule has 4 atom stereocenters. The van der Waals surface area contributed by atoms with Crippen LogP contribution in [-0.4, -0.2) is 32.7 Å². The second-order valence-electron chi connectivity index (χ2n) is 5.26. The van der Waals surface area contributed by atoms with E-state index < -0.39 is 9.84 Å². The molecule has 0 aromatic heterocycles. The number of hydrogen-bond acceptors (Lipinski definition) is 4. The first-order valence-corrected chi connectivity index (χ1v) is 7.97. The van der Waals surface area contributed by atoms with E-state index in [-0.39, 0.29) is 29.8 Å². The Balaban J connectivity index is 1.99. The highest BCUT2D eigenvalue weighted by molar-refractivity contribution is 7.94. The molecule has 3 rings (SSSR count). The molecule has 2 fully saturated rings. The van der Waals surface area contributed by atoms with Crippen molar-refractivity contribution in [2.75, 3.05) is 6.26 Å². The van der Waals surface area contributed by atoms with Crippen molar-refractivity contribution < 1.29 is 17.9 Å². The molecule has 0 radical (unpaired) electrons. The highest BCUT2D eigenvalue weighted by Crippen LogP contribution is 2.48. The first-order valence-electron chi connectivity index (χ1n) is 6.08. The van der Waals surface area contributed by atoms with E-state index in [4.69, 9.17) is 4.74 Å². The summed E-state index contributed by atoms with van der Waals surface area (Å²) >= 11 is 0. The predicted octanol–water partition coefficient (Wildman–Crippen LogP) is 1.07. The fourth-order valence-electron chi connectivity index (χ4n) is 3.40. The van der Waals surface area contributed by atoms with Gasteiger partial charge in [-0.15, -0.1) is 0 Å². The molecule has 0 aromatic carbocycles. The minimum atomic E-state index is -3.19. The van der Waals surface area contributed by atoms with Gasteiger partial charge in [0.1, 0.15) is 5.78 Å². The number of Topliss-reactive ketones (excluding diaryl/α,β-unsaturated/α-hetero) is 1. The molecule has 1 saturated heterocycles. The van der Waals surface area contributed by atoms with Crippen LogP contribution in [0.2, 0.25) is 0 Å². The Hall–Kier alpha value is -0.680. The van der Waals surface area contributed by atoms with Crippen LogP contribution in [0.5, 0.6) is 0 Å². The molecule has 0 aromatic rings.